The summed E-state index contributed by atoms with van der Waals surface area (Å²) in [6, 6.07) is 11.4. The minimum Gasteiger partial charge on any atom is -0.505 e. The van der Waals surface area contributed by atoms with E-state index in [-0.39, 0.29) is 6.61 Å². The highest BCUT2D eigenvalue weighted by Gasteiger charge is 2.55. The number of carbonyl (C=O) groups is 1. The van der Waals surface area contributed by atoms with Crippen LogP contribution in [0.3, 0.4) is 0 Å². The van der Waals surface area contributed by atoms with Crippen molar-refractivity contribution in [2.24, 2.45) is 0 Å². The van der Waals surface area contributed by atoms with E-state index in [2.05, 4.69) is 0 Å². The third kappa shape index (κ3) is 2.26. The second-order valence-corrected chi connectivity index (χ2v) is 7.24. The SMILES string of the molecule is Cc1ccc2c(c1)C1(OC[C@@H]([C@H]3OC(=O)C(O)=C3O)O1)c1cc(C)ccc1O2. The lowest BCUT2D eigenvalue weighted by Crippen LogP contribution is -2.36. The Labute approximate surface area is 160 Å². The maximum atomic E-state index is 11.6. The standard InChI is InChI=1S/C21H18O7/c1-10-3-5-14-12(7-10)21(13-8-11(2)4-6-15(13)26-14)25-9-16(28-21)19-17(22)18(23)20(24)27-19/h3-8,16,19,22-23H,9H2,1-2H3/t16-,19+/m0/s1. The topological polar surface area (TPSA) is 94.5 Å². The van der Waals surface area contributed by atoms with Gasteiger partial charge in [0.15, 0.2) is 11.9 Å². The first-order chi connectivity index (χ1) is 13.4. The summed E-state index contributed by atoms with van der Waals surface area (Å²) in [5.41, 5.74) is 3.40. The van der Waals surface area contributed by atoms with Crippen LogP contribution in [0.2, 0.25) is 0 Å². The van der Waals surface area contributed by atoms with Gasteiger partial charge >= 0.3 is 5.97 Å². The minimum atomic E-state index is -1.27. The highest BCUT2D eigenvalue weighted by molar-refractivity contribution is 5.89. The summed E-state index contributed by atoms with van der Waals surface area (Å²) >= 11 is 0. The van der Waals surface area contributed by atoms with E-state index in [0.717, 1.165) is 11.1 Å². The predicted molar refractivity (Wildman–Crippen MR) is 96.2 cm³/mol. The molecule has 7 nitrogen and oxygen atoms in total. The highest BCUT2D eigenvalue weighted by Crippen LogP contribution is 2.53. The minimum absolute atomic E-state index is 0.0516. The van der Waals surface area contributed by atoms with Gasteiger partial charge in [0.25, 0.3) is 0 Å². The van der Waals surface area contributed by atoms with Gasteiger partial charge in [-0.15, -0.1) is 0 Å². The van der Waals surface area contributed by atoms with Crippen LogP contribution in [0.1, 0.15) is 22.3 Å². The van der Waals surface area contributed by atoms with Crippen molar-refractivity contribution in [1.29, 1.82) is 0 Å². The first-order valence-corrected chi connectivity index (χ1v) is 8.94. The predicted octanol–water partition coefficient (Wildman–Crippen LogP) is 3.28. The highest BCUT2D eigenvalue weighted by atomic mass is 16.8. The smallest absolute Gasteiger partial charge is 0.377 e. The lowest BCUT2D eigenvalue weighted by molar-refractivity contribution is -0.167. The number of cyclic esters (lactones) is 1. The summed E-state index contributed by atoms with van der Waals surface area (Å²) in [5, 5.41) is 19.7. The van der Waals surface area contributed by atoms with E-state index in [0.29, 0.717) is 22.6 Å². The number of fused-ring (bicyclic) bond motifs is 4. The van der Waals surface area contributed by atoms with Gasteiger partial charge in [-0.05, 0) is 38.1 Å². The zero-order valence-electron chi connectivity index (χ0n) is 15.3. The molecule has 28 heavy (non-hydrogen) atoms. The van der Waals surface area contributed by atoms with Gasteiger partial charge in [-0.25, -0.2) is 4.79 Å². The van der Waals surface area contributed by atoms with Crippen LogP contribution >= 0.6 is 0 Å². The van der Waals surface area contributed by atoms with Crippen molar-refractivity contribution >= 4 is 5.97 Å². The number of aryl methyl sites for hydroxylation is 2. The second kappa shape index (κ2) is 5.73. The van der Waals surface area contributed by atoms with E-state index < -0.39 is 35.5 Å². The molecule has 3 aliphatic heterocycles. The largest absolute Gasteiger partial charge is 0.505 e. The molecule has 0 aromatic heterocycles. The number of aliphatic hydroxyl groups excluding tert-OH is 2. The third-order valence-electron chi connectivity index (χ3n) is 5.24. The van der Waals surface area contributed by atoms with Crippen LogP contribution in [-0.4, -0.2) is 35.0 Å². The molecule has 144 valence electrons. The Hall–Kier alpha value is -3.03. The lowest BCUT2D eigenvalue weighted by atomic mass is 9.91. The Kier molecular flexibility index (Phi) is 3.50. The molecular weight excluding hydrogens is 364 g/mol. The zero-order valence-corrected chi connectivity index (χ0v) is 15.3. The van der Waals surface area contributed by atoms with Crippen LogP contribution in [0.25, 0.3) is 0 Å². The number of ether oxygens (including phenoxy) is 4. The Morgan fingerprint density at radius 2 is 1.61 bits per heavy atom. The van der Waals surface area contributed by atoms with Crippen molar-refractivity contribution < 1.29 is 34.0 Å². The molecule has 3 heterocycles. The summed E-state index contributed by atoms with van der Waals surface area (Å²) in [4.78, 5) is 11.6. The van der Waals surface area contributed by atoms with E-state index in [4.69, 9.17) is 18.9 Å². The molecule has 0 unspecified atom stereocenters. The van der Waals surface area contributed by atoms with E-state index in [1.165, 1.54) is 0 Å². The quantitative estimate of drug-likeness (QED) is 0.731. The molecular formula is C21H18O7. The Morgan fingerprint density at radius 1 is 1.00 bits per heavy atom. The first kappa shape index (κ1) is 17.1. The van der Waals surface area contributed by atoms with Gasteiger partial charge in [-0.1, -0.05) is 23.3 Å². The Bertz CT molecular complexity index is 988. The molecule has 2 atom stereocenters. The molecule has 0 amide bonds. The van der Waals surface area contributed by atoms with E-state index >= 15 is 0 Å². The van der Waals surface area contributed by atoms with Crippen molar-refractivity contribution in [1.82, 2.24) is 0 Å². The molecule has 2 aromatic carbocycles. The number of hydrogen-bond donors (Lipinski definition) is 2. The van der Waals surface area contributed by atoms with E-state index in [1.54, 1.807) is 0 Å². The monoisotopic (exact) mass is 382 g/mol. The fourth-order valence-electron chi connectivity index (χ4n) is 3.87. The number of aliphatic hydroxyl groups is 2. The third-order valence-corrected chi connectivity index (χ3v) is 5.24. The number of rotatable bonds is 1. The molecule has 1 saturated heterocycles. The summed E-state index contributed by atoms with van der Waals surface area (Å²) in [5.74, 6) is -2.38. The van der Waals surface area contributed by atoms with Crippen LogP contribution in [-0.2, 0) is 24.8 Å². The van der Waals surface area contributed by atoms with Gasteiger partial charge in [0.05, 0.1) is 17.7 Å². The van der Waals surface area contributed by atoms with Gasteiger partial charge in [0, 0.05) is 0 Å². The van der Waals surface area contributed by atoms with Crippen LogP contribution in [0.4, 0.5) is 0 Å². The van der Waals surface area contributed by atoms with Gasteiger partial charge in [-0.3, -0.25) is 0 Å². The van der Waals surface area contributed by atoms with Gasteiger partial charge in [0.2, 0.25) is 11.5 Å². The molecule has 0 radical (unpaired) electrons. The molecule has 1 fully saturated rings. The molecule has 3 aliphatic rings. The van der Waals surface area contributed by atoms with Crippen LogP contribution in [0.15, 0.2) is 47.9 Å². The average Bonchev–Trinajstić information content (AvgIpc) is 3.22. The maximum absolute atomic E-state index is 11.6. The van der Waals surface area contributed by atoms with E-state index in [9.17, 15) is 15.0 Å². The molecule has 2 aromatic rings. The summed E-state index contributed by atoms with van der Waals surface area (Å²) < 4.78 is 23.6. The normalized spacial score (nSPS) is 24.7. The maximum Gasteiger partial charge on any atom is 0.377 e. The molecule has 1 spiro atoms. The molecule has 0 saturated carbocycles. The first-order valence-electron chi connectivity index (χ1n) is 8.94. The van der Waals surface area contributed by atoms with Gasteiger partial charge in [0.1, 0.15) is 17.6 Å². The van der Waals surface area contributed by atoms with Crippen molar-refractivity contribution in [3.05, 3.63) is 70.2 Å². The fraction of sp³-hybridized carbons (Fsp3) is 0.286. The molecule has 0 bridgehead atoms. The zero-order chi connectivity index (χ0) is 19.6. The van der Waals surface area contributed by atoms with Crippen molar-refractivity contribution in [2.75, 3.05) is 6.61 Å². The molecule has 2 N–H and O–H groups in total. The average molecular weight is 382 g/mol. The summed E-state index contributed by atoms with van der Waals surface area (Å²) in [6.45, 7) is 3.96. The second-order valence-electron chi connectivity index (χ2n) is 7.24. The number of hydrogen-bond acceptors (Lipinski definition) is 7. The van der Waals surface area contributed by atoms with Crippen LogP contribution in [0.5, 0.6) is 11.5 Å². The van der Waals surface area contributed by atoms with Crippen molar-refractivity contribution in [3.8, 4) is 11.5 Å². The van der Waals surface area contributed by atoms with Crippen LogP contribution < -0.4 is 4.74 Å². The number of carbonyl (C=O) groups excluding carboxylic acids is 1. The van der Waals surface area contributed by atoms with Crippen molar-refractivity contribution in [3.63, 3.8) is 0 Å². The van der Waals surface area contributed by atoms with Crippen LogP contribution in [0, 0.1) is 13.8 Å². The number of benzene rings is 2. The summed E-state index contributed by atoms with van der Waals surface area (Å²) in [7, 11) is 0. The molecule has 7 heteroatoms. The molecule has 0 aliphatic carbocycles. The Balaban J connectivity index is 1.63. The lowest BCUT2D eigenvalue weighted by Gasteiger charge is -2.36. The molecule has 5 rings (SSSR count). The Morgan fingerprint density at radius 3 is 2.14 bits per heavy atom. The van der Waals surface area contributed by atoms with Gasteiger partial charge < -0.3 is 29.2 Å². The number of esters is 1. The van der Waals surface area contributed by atoms with Gasteiger partial charge in [-0.2, -0.15) is 0 Å². The fourth-order valence-corrected chi connectivity index (χ4v) is 3.87. The van der Waals surface area contributed by atoms with Crippen molar-refractivity contribution in [2.45, 2.75) is 31.8 Å². The summed E-state index contributed by atoms with van der Waals surface area (Å²) in [6.07, 6.45) is -1.93. The van der Waals surface area contributed by atoms with E-state index in [1.807, 2.05) is 50.2 Å².